The highest BCUT2D eigenvalue weighted by Gasteiger charge is 2.23. The third-order valence-electron chi connectivity index (χ3n) is 3.53. The van der Waals surface area contributed by atoms with Crippen LogP contribution in [0.2, 0.25) is 0 Å². The number of anilines is 1. The molecule has 0 aromatic heterocycles. The molecular formula is C14H18N2O. The number of nitriles is 1. The molecule has 2 unspecified atom stereocenters. The minimum absolute atomic E-state index is 0.525. The summed E-state index contributed by atoms with van der Waals surface area (Å²) in [5.74, 6) is 1.46. The number of methoxy groups -OCH3 is 1. The quantitative estimate of drug-likeness (QED) is 0.867. The van der Waals surface area contributed by atoms with Crippen LogP contribution in [-0.2, 0) is 0 Å². The topological polar surface area (TPSA) is 45.0 Å². The van der Waals surface area contributed by atoms with Crippen LogP contribution in [0.4, 0.5) is 5.69 Å². The van der Waals surface area contributed by atoms with Crippen LogP contribution < -0.4 is 10.1 Å². The van der Waals surface area contributed by atoms with Crippen molar-refractivity contribution in [1.82, 2.24) is 0 Å². The van der Waals surface area contributed by atoms with E-state index in [9.17, 15) is 0 Å². The fraction of sp³-hybridized carbons (Fsp3) is 0.500. The van der Waals surface area contributed by atoms with Gasteiger partial charge in [-0.1, -0.05) is 13.3 Å². The van der Waals surface area contributed by atoms with Crippen LogP contribution in [0.5, 0.6) is 5.75 Å². The van der Waals surface area contributed by atoms with Gasteiger partial charge < -0.3 is 10.1 Å². The van der Waals surface area contributed by atoms with Crippen molar-refractivity contribution in [3.05, 3.63) is 23.8 Å². The largest absolute Gasteiger partial charge is 0.495 e. The van der Waals surface area contributed by atoms with E-state index >= 15 is 0 Å². The van der Waals surface area contributed by atoms with E-state index in [1.807, 2.05) is 12.1 Å². The SMILES string of the molecule is COc1cc(C#N)ccc1NC1CCCC1C. The molecule has 0 saturated heterocycles. The fourth-order valence-electron chi connectivity index (χ4n) is 2.44. The fourth-order valence-corrected chi connectivity index (χ4v) is 2.44. The highest BCUT2D eigenvalue weighted by molar-refractivity contribution is 5.60. The van der Waals surface area contributed by atoms with Gasteiger partial charge in [0, 0.05) is 12.1 Å². The number of ether oxygens (including phenoxy) is 1. The molecule has 3 nitrogen and oxygen atoms in total. The van der Waals surface area contributed by atoms with Gasteiger partial charge in [0.1, 0.15) is 5.75 Å². The Bertz CT molecular complexity index is 436. The Kier molecular flexibility index (Phi) is 3.53. The Balaban J connectivity index is 2.18. The predicted octanol–water partition coefficient (Wildman–Crippen LogP) is 3.17. The summed E-state index contributed by atoms with van der Waals surface area (Å²) in [6, 6.07) is 8.18. The third-order valence-corrected chi connectivity index (χ3v) is 3.53. The summed E-state index contributed by atoms with van der Waals surface area (Å²) < 4.78 is 5.32. The lowest BCUT2D eigenvalue weighted by Crippen LogP contribution is -2.22. The maximum absolute atomic E-state index is 8.85. The van der Waals surface area contributed by atoms with Gasteiger partial charge in [0.25, 0.3) is 0 Å². The summed E-state index contributed by atoms with van der Waals surface area (Å²) in [6.07, 6.45) is 3.79. The minimum Gasteiger partial charge on any atom is -0.495 e. The van der Waals surface area contributed by atoms with Crippen LogP contribution in [0.3, 0.4) is 0 Å². The van der Waals surface area contributed by atoms with Gasteiger partial charge in [-0.05, 0) is 30.9 Å². The standard InChI is InChI=1S/C14H18N2O/c1-10-4-3-5-12(10)16-13-7-6-11(9-15)8-14(13)17-2/h6-8,10,12,16H,3-5H2,1-2H3. The Morgan fingerprint density at radius 3 is 2.82 bits per heavy atom. The van der Waals surface area contributed by atoms with Crippen LogP contribution in [-0.4, -0.2) is 13.2 Å². The summed E-state index contributed by atoms with van der Waals surface area (Å²) in [4.78, 5) is 0. The number of nitrogens with zero attached hydrogens (tertiary/aromatic N) is 1. The van der Waals surface area contributed by atoms with Crippen LogP contribution in [0.15, 0.2) is 18.2 Å². The van der Waals surface area contributed by atoms with Gasteiger partial charge in [-0.2, -0.15) is 5.26 Å². The van der Waals surface area contributed by atoms with E-state index in [4.69, 9.17) is 10.00 Å². The highest BCUT2D eigenvalue weighted by Crippen LogP contribution is 2.32. The number of hydrogen-bond acceptors (Lipinski definition) is 3. The van der Waals surface area contributed by atoms with E-state index in [0.29, 0.717) is 17.5 Å². The Hall–Kier alpha value is -1.69. The van der Waals surface area contributed by atoms with Gasteiger partial charge in [-0.3, -0.25) is 0 Å². The van der Waals surface area contributed by atoms with Gasteiger partial charge in [0.2, 0.25) is 0 Å². The first kappa shape index (κ1) is 11.8. The van der Waals surface area contributed by atoms with Crippen LogP contribution in [0, 0.1) is 17.2 Å². The van der Waals surface area contributed by atoms with E-state index < -0.39 is 0 Å². The van der Waals surface area contributed by atoms with Crippen molar-refractivity contribution in [3.63, 3.8) is 0 Å². The lowest BCUT2D eigenvalue weighted by molar-refractivity contribution is 0.415. The predicted molar refractivity (Wildman–Crippen MR) is 68.1 cm³/mol. The summed E-state index contributed by atoms with van der Waals surface area (Å²) >= 11 is 0. The molecule has 0 spiro atoms. The smallest absolute Gasteiger partial charge is 0.143 e. The van der Waals surface area contributed by atoms with Crippen LogP contribution in [0.25, 0.3) is 0 Å². The Morgan fingerprint density at radius 1 is 1.41 bits per heavy atom. The summed E-state index contributed by atoms with van der Waals surface area (Å²) in [5.41, 5.74) is 1.62. The van der Waals surface area contributed by atoms with E-state index in [1.54, 1.807) is 13.2 Å². The van der Waals surface area contributed by atoms with Gasteiger partial charge >= 0.3 is 0 Å². The van der Waals surface area contributed by atoms with Crippen molar-refractivity contribution < 1.29 is 4.74 Å². The zero-order chi connectivity index (χ0) is 12.3. The number of nitrogens with one attached hydrogen (secondary N) is 1. The number of benzene rings is 1. The Morgan fingerprint density at radius 2 is 2.24 bits per heavy atom. The molecule has 1 aromatic rings. The van der Waals surface area contributed by atoms with Crippen LogP contribution >= 0.6 is 0 Å². The average Bonchev–Trinajstić information content (AvgIpc) is 2.75. The molecule has 0 heterocycles. The first-order valence-electron chi connectivity index (χ1n) is 6.09. The molecule has 0 radical (unpaired) electrons. The zero-order valence-electron chi connectivity index (χ0n) is 10.4. The second-order valence-electron chi connectivity index (χ2n) is 4.69. The molecular weight excluding hydrogens is 212 g/mol. The first-order valence-corrected chi connectivity index (χ1v) is 6.09. The summed E-state index contributed by atoms with van der Waals surface area (Å²) in [5, 5.41) is 12.4. The van der Waals surface area contributed by atoms with Crippen molar-refractivity contribution in [2.45, 2.75) is 32.2 Å². The van der Waals surface area contributed by atoms with Crippen molar-refractivity contribution in [1.29, 1.82) is 5.26 Å². The lowest BCUT2D eigenvalue weighted by Gasteiger charge is -2.20. The highest BCUT2D eigenvalue weighted by atomic mass is 16.5. The van der Waals surface area contributed by atoms with E-state index in [-0.39, 0.29) is 0 Å². The Labute approximate surface area is 102 Å². The van der Waals surface area contributed by atoms with Crippen molar-refractivity contribution >= 4 is 5.69 Å². The molecule has 0 aliphatic heterocycles. The molecule has 2 rings (SSSR count). The number of rotatable bonds is 3. The normalized spacial score (nSPS) is 23.1. The zero-order valence-corrected chi connectivity index (χ0v) is 10.4. The maximum Gasteiger partial charge on any atom is 0.143 e. The van der Waals surface area contributed by atoms with E-state index in [1.165, 1.54) is 19.3 Å². The van der Waals surface area contributed by atoms with Gasteiger partial charge in [0.15, 0.2) is 0 Å². The second-order valence-corrected chi connectivity index (χ2v) is 4.69. The van der Waals surface area contributed by atoms with Gasteiger partial charge in [-0.15, -0.1) is 0 Å². The molecule has 3 heteroatoms. The van der Waals surface area contributed by atoms with E-state index in [0.717, 1.165) is 11.4 Å². The van der Waals surface area contributed by atoms with Crippen molar-refractivity contribution in [2.24, 2.45) is 5.92 Å². The lowest BCUT2D eigenvalue weighted by atomic mass is 10.1. The third kappa shape index (κ3) is 2.52. The summed E-state index contributed by atoms with van der Waals surface area (Å²) in [7, 11) is 1.64. The summed E-state index contributed by atoms with van der Waals surface area (Å²) in [6.45, 7) is 2.28. The van der Waals surface area contributed by atoms with Gasteiger partial charge in [-0.25, -0.2) is 0 Å². The molecule has 0 bridgehead atoms. The van der Waals surface area contributed by atoms with E-state index in [2.05, 4.69) is 18.3 Å². The second kappa shape index (κ2) is 5.09. The van der Waals surface area contributed by atoms with Gasteiger partial charge in [0.05, 0.1) is 24.4 Å². The monoisotopic (exact) mass is 230 g/mol. The first-order chi connectivity index (χ1) is 8.24. The molecule has 1 fully saturated rings. The maximum atomic E-state index is 8.85. The molecule has 1 N–H and O–H groups in total. The molecule has 0 amide bonds. The average molecular weight is 230 g/mol. The number of hydrogen-bond donors (Lipinski definition) is 1. The molecule has 17 heavy (non-hydrogen) atoms. The molecule has 1 aliphatic rings. The molecule has 1 saturated carbocycles. The van der Waals surface area contributed by atoms with Crippen molar-refractivity contribution in [3.8, 4) is 11.8 Å². The molecule has 1 aliphatic carbocycles. The molecule has 2 atom stereocenters. The van der Waals surface area contributed by atoms with Crippen LogP contribution in [0.1, 0.15) is 31.7 Å². The molecule has 90 valence electrons. The van der Waals surface area contributed by atoms with Crippen molar-refractivity contribution in [2.75, 3.05) is 12.4 Å². The minimum atomic E-state index is 0.525. The molecule has 1 aromatic carbocycles.